The van der Waals surface area contributed by atoms with E-state index < -0.39 is 5.82 Å². The normalized spacial score (nSPS) is 18.8. The van der Waals surface area contributed by atoms with E-state index in [4.69, 9.17) is 10.5 Å². The van der Waals surface area contributed by atoms with Crippen molar-refractivity contribution in [2.45, 2.75) is 31.8 Å². The van der Waals surface area contributed by atoms with Gasteiger partial charge in [-0.2, -0.15) is 0 Å². The zero-order valence-corrected chi connectivity index (χ0v) is 10.1. The Balaban J connectivity index is 1.84. The Hall–Kier alpha value is -1.62. The van der Waals surface area contributed by atoms with E-state index in [9.17, 15) is 9.18 Å². The molecule has 1 unspecified atom stereocenters. The number of amides is 1. The van der Waals surface area contributed by atoms with Gasteiger partial charge in [0.15, 0.2) is 0 Å². The molecule has 2 rings (SSSR count). The molecule has 0 bridgehead atoms. The monoisotopic (exact) mass is 252 g/mol. The molecule has 1 aliphatic rings. The van der Waals surface area contributed by atoms with Gasteiger partial charge in [-0.1, -0.05) is 0 Å². The van der Waals surface area contributed by atoms with E-state index in [1.165, 1.54) is 18.2 Å². The summed E-state index contributed by atoms with van der Waals surface area (Å²) in [5.41, 5.74) is 6.34. The van der Waals surface area contributed by atoms with Gasteiger partial charge in [-0.3, -0.25) is 4.79 Å². The highest BCUT2D eigenvalue weighted by Gasteiger charge is 2.17. The fraction of sp³-hybridized carbons (Fsp3) is 0.462. The van der Waals surface area contributed by atoms with Crippen LogP contribution in [0.15, 0.2) is 18.2 Å². The molecule has 18 heavy (non-hydrogen) atoms. The van der Waals surface area contributed by atoms with Gasteiger partial charge in [0.05, 0.1) is 17.5 Å². The molecule has 1 amide bonds. The Morgan fingerprint density at radius 1 is 1.56 bits per heavy atom. The SMILES string of the molecule is Nc1ccc(F)cc1NC(=O)CCC1CCCO1. The van der Waals surface area contributed by atoms with E-state index in [2.05, 4.69) is 5.32 Å². The molecule has 3 N–H and O–H groups in total. The Kier molecular flexibility index (Phi) is 4.15. The average Bonchev–Trinajstić information content (AvgIpc) is 2.84. The highest BCUT2D eigenvalue weighted by Crippen LogP contribution is 2.21. The van der Waals surface area contributed by atoms with E-state index in [1.807, 2.05) is 0 Å². The molecular weight excluding hydrogens is 235 g/mol. The number of anilines is 2. The van der Waals surface area contributed by atoms with Crippen molar-refractivity contribution >= 4 is 17.3 Å². The van der Waals surface area contributed by atoms with Crippen LogP contribution in [0.5, 0.6) is 0 Å². The van der Waals surface area contributed by atoms with Gasteiger partial charge in [-0.05, 0) is 37.5 Å². The van der Waals surface area contributed by atoms with Crippen LogP contribution in [0.4, 0.5) is 15.8 Å². The summed E-state index contributed by atoms with van der Waals surface area (Å²) in [4.78, 5) is 11.7. The number of benzene rings is 1. The maximum atomic E-state index is 13.0. The maximum Gasteiger partial charge on any atom is 0.224 e. The van der Waals surface area contributed by atoms with Gasteiger partial charge in [-0.15, -0.1) is 0 Å². The van der Waals surface area contributed by atoms with Gasteiger partial charge in [0.2, 0.25) is 5.91 Å². The molecule has 0 saturated carbocycles. The fourth-order valence-electron chi connectivity index (χ4n) is 2.01. The van der Waals surface area contributed by atoms with Gasteiger partial charge < -0.3 is 15.8 Å². The number of ether oxygens (including phenoxy) is 1. The van der Waals surface area contributed by atoms with E-state index >= 15 is 0 Å². The van der Waals surface area contributed by atoms with Crippen molar-refractivity contribution in [1.82, 2.24) is 0 Å². The number of nitrogen functional groups attached to an aromatic ring is 1. The summed E-state index contributed by atoms with van der Waals surface area (Å²) in [7, 11) is 0. The molecule has 1 fully saturated rings. The summed E-state index contributed by atoms with van der Waals surface area (Å²) in [6.07, 6.45) is 3.31. The number of nitrogens with two attached hydrogens (primary N) is 1. The third-order valence-electron chi connectivity index (χ3n) is 3.01. The molecule has 4 nitrogen and oxygen atoms in total. The average molecular weight is 252 g/mol. The summed E-state index contributed by atoms with van der Waals surface area (Å²) < 4.78 is 18.4. The lowest BCUT2D eigenvalue weighted by Gasteiger charge is -2.10. The third kappa shape index (κ3) is 3.43. The minimum atomic E-state index is -0.418. The van der Waals surface area contributed by atoms with Crippen molar-refractivity contribution in [2.24, 2.45) is 0 Å². The number of carbonyl (C=O) groups is 1. The largest absolute Gasteiger partial charge is 0.397 e. The van der Waals surface area contributed by atoms with Crippen LogP contribution < -0.4 is 11.1 Å². The van der Waals surface area contributed by atoms with Crippen LogP contribution in [0.1, 0.15) is 25.7 Å². The lowest BCUT2D eigenvalue weighted by molar-refractivity contribution is -0.116. The standard InChI is InChI=1S/C13H17FN2O2/c14-9-3-5-11(15)12(8-9)16-13(17)6-4-10-2-1-7-18-10/h3,5,8,10H,1-2,4,6-7,15H2,(H,16,17). The number of nitrogens with one attached hydrogen (secondary N) is 1. The molecule has 1 aliphatic heterocycles. The fourth-order valence-corrected chi connectivity index (χ4v) is 2.01. The first-order valence-electron chi connectivity index (χ1n) is 6.11. The van der Waals surface area contributed by atoms with Crippen LogP contribution in [0.2, 0.25) is 0 Å². The van der Waals surface area contributed by atoms with E-state index in [1.54, 1.807) is 0 Å². The van der Waals surface area contributed by atoms with Crippen LogP contribution in [0.3, 0.4) is 0 Å². The third-order valence-corrected chi connectivity index (χ3v) is 3.01. The predicted octanol–water partition coefficient (Wildman–Crippen LogP) is 2.31. The predicted molar refractivity (Wildman–Crippen MR) is 67.7 cm³/mol. The first-order valence-corrected chi connectivity index (χ1v) is 6.11. The number of hydrogen-bond acceptors (Lipinski definition) is 3. The first kappa shape index (κ1) is 12.8. The van der Waals surface area contributed by atoms with Gasteiger partial charge in [0.1, 0.15) is 5.82 Å². The minimum Gasteiger partial charge on any atom is -0.397 e. The second kappa shape index (κ2) is 5.82. The smallest absolute Gasteiger partial charge is 0.224 e. The topological polar surface area (TPSA) is 64.3 Å². The van der Waals surface area contributed by atoms with Crippen LogP contribution in [0, 0.1) is 5.82 Å². The molecule has 0 spiro atoms. The van der Waals surface area contributed by atoms with Crippen molar-refractivity contribution < 1.29 is 13.9 Å². The maximum absolute atomic E-state index is 13.0. The Labute approximate surface area is 105 Å². The summed E-state index contributed by atoms with van der Waals surface area (Å²) >= 11 is 0. The molecule has 0 radical (unpaired) electrons. The van der Waals surface area contributed by atoms with Gasteiger partial charge in [0.25, 0.3) is 0 Å². The van der Waals surface area contributed by atoms with Gasteiger partial charge >= 0.3 is 0 Å². The second-order valence-corrected chi connectivity index (χ2v) is 4.45. The van der Waals surface area contributed by atoms with Crippen molar-refractivity contribution in [3.8, 4) is 0 Å². The number of carbonyl (C=O) groups excluding carboxylic acids is 1. The molecule has 0 aromatic heterocycles. The quantitative estimate of drug-likeness (QED) is 0.808. The first-order chi connectivity index (χ1) is 8.65. The van der Waals surface area contributed by atoms with E-state index in [0.29, 0.717) is 24.2 Å². The molecule has 5 heteroatoms. The van der Waals surface area contributed by atoms with Crippen LogP contribution in [-0.2, 0) is 9.53 Å². The Bertz CT molecular complexity index is 431. The van der Waals surface area contributed by atoms with E-state index in [-0.39, 0.29) is 12.0 Å². The van der Waals surface area contributed by atoms with Crippen LogP contribution in [0.25, 0.3) is 0 Å². The molecule has 1 atom stereocenters. The molecule has 0 aliphatic carbocycles. The number of hydrogen-bond donors (Lipinski definition) is 2. The lowest BCUT2D eigenvalue weighted by Crippen LogP contribution is -2.16. The zero-order chi connectivity index (χ0) is 13.0. The second-order valence-electron chi connectivity index (χ2n) is 4.45. The van der Waals surface area contributed by atoms with Crippen molar-refractivity contribution in [1.29, 1.82) is 0 Å². The van der Waals surface area contributed by atoms with Crippen molar-refractivity contribution in [3.63, 3.8) is 0 Å². The molecule has 1 heterocycles. The zero-order valence-electron chi connectivity index (χ0n) is 10.1. The van der Waals surface area contributed by atoms with Gasteiger partial charge in [0, 0.05) is 13.0 Å². The molecule has 1 aromatic rings. The minimum absolute atomic E-state index is 0.164. The summed E-state index contributed by atoms with van der Waals surface area (Å²) in [5, 5.41) is 2.62. The van der Waals surface area contributed by atoms with Crippen molar-refractivity contribution in [3.05, 3.63) is 24.0 Å². The highest BCUT2D eigenvalue weighted by molar-refractivity contribution is 5.93. The van der Waals surface area contributed by atoms with Crippen LogP contribution in [-0.4, -0.2) is 18.6 Å². The summed E-state index contributed by atoms with van der Waals surface area (Å²) in [6, 6.07) is 3.92. The van der Waals surface area contributed by atoms with Crippen LogP contribution >= 0.6 is 0 Å². The van der Waals surface area contributed by atoms with Gasteiger partial charge in [-0.25, -0.2) is 4.39 Å². The Morgan fingerprint density at radius 2 is 2.39 bits per heavy atom. The highest BCUT2D eigenvalue weighted by atomic mass is 19.1. The number of halogens is 1. The Morgan fingerprint density at radius 3 is 3.11 bits per heavy atom. The summed E-state index contributed by atoms with van der Waals surface area (Å²) in [6.45, 7) is 0.781. The van der Waals surface area contributed by atoms with Crippen molar-refractivity contribution in [2.75, 3.05) is 17.7 Å². The molecule has 1 saturated heterocycles. The van der Waals surface area contributed by atoms with E-state index in [0.717, 1.165) is 19.4 Å². The lowest BCUT2D eigenvalue weighted by atomic mass is 10.1. The number of rotatable bonds is 4. The molecule has 98 valence electrons. The molecular formula is C13H17FN2O2. The molecule has 1 aromatic carbocycles. The summed E-state index contributed by atoms with van der Waals surface area (Å²) in [5.74, 6) is -0.582.